The van der Waals surface area contributed by atoms with Gasteiger partial charge in [-0.25, -0.2) is 4.79 Å². The number of rotatable bonds is 14. The van der Waals surface area contributed by atoms with Crippen LogP contribution in [0, 0.1) is 0 Å². The molecule has 0 radical (unpaired) electrons. The van der Waals surface area contributed by atoms with Gasteiger partial charge in [-0.2, -0.15) is 0 Å². The minimum Gasteiger partial charge on any atom is -1.00 e. The van der Waals surface area contributed by atoms with Gasteiger partial charge in [-0.15, -0.1) is 0 Å². The Morgan fingerprint density at radius 2 is 0.750 bits per heavy atom. The van der Waals surface area contributed by atoms with Crippen molar-refractivity contribution in [2.75, 3.05) is 64.0 Å². The van der Waals surface area contributed by atoms with Crippen molar-refractivity contribution in [2.45, 2.75) is 12.8 Å². The molecule has 0 bridgehead atoms. The molecule has 1 aliphatic heterocycles. The summed E-state index contributed by atoms with van der Waals surface area (Å²) in [5, 5.41) is 0.868. The third-order valence-corrected chi connectivity index (χ3v) is 11.5. The van der Waals surface area contributed by atoms with Crippen molar-refractivity contribution in [1.29, 1.82) is 0 Å². The maximum atomic E-state index is 15.4. The summed E-state index contributed by atoms with van der Waals surface area (Å²) in [7, 11) is 8.48. The number of carbonyl (C=O) groups is 3. The fraction of sp³-hybridized carbons (Fsp3) is 0.344. The fourth-order valence-corrected chi connectivity index (χ4v) is 9.70. The van der Waals surface area contributed by atoms with Crippen LogP contribution in [0.25, 0.3) is 0 Å². The van der Waals surface area contributed by atoms with Gasteiger partial charge in [-0.1, -0.05) is 5.06 Å². The Hall–Kier alpha value is -4.62. The number of ether oxygens (including phenoxy) is 9. The lowest BCUT2D eigenvalue weighted by molar-refractivity contribution is -0.169. The van der Waals surface area contributed by atoms with Crippen LogP contribution in [0.4, 0.5) is 4.79 Å². The van der Waals surface area contributed by atoms with Crippen LogP contribution < -0.4 is 75.5 Å². The molecule has 0 N–H and O–H groups in total. The van der Waals surface area contributed by atoms with Gasteiger partial charge in [0.05, 0.1) is 64.0 Å². The molecule has 48 heavy (non-hydrogen) atoms. The smallest absolute Gasteiger partial charge is 0.491 e. The maximum absolute atomic E-state index is 15.4. The fourth-order valence-electron chi connectivity index (χ4n) is 5.36. The SMILES string of the molecule is COc1cc(OC)c([P+](C(=O)ON2C(=O)CCC2=O)(c2c(OC)cc(OC)cc2OC)c2c(OC)cc(OC)cc2OC)c(OC)c1.[Br-]. The van der Waals surface area contributed by atoms with Crippen LogP contribution in [-0.4, -0.2) is 86.6 Å². The van der Waals surface area contributed by atoms with Crippen molar-refractivity contribution in [3.8, 4) is 51.7 Å². The van der Waals surface area contributed by atoms with Gasteiger partial charge in [0.1, 0.15) is 17.2 Å². The summed E-state index contributed by atoms with van der Waals surface area (Å²) in [4.78, 5) is 47.1. The molecule has 14 nitrogen and oxygen atoms in total. The third-order valence-electron chi connectivity index (χ3n) is 7.52. The number of hydroxylamine groups is 2. The van der Waals surface area contributed by atoms with E-state index in [-0.39, 0.29) is 80.2 Å². The lowest BCUT2D eigenvalue weighted by Crippen LogP contribution is -3.00. The van der Waals surface area contributed by atoms with E-state index in [0.717, 1.165) is 0 Å². The number of hydrogen-bond donors (Lipinski definition) is 0. The molecule has 0 aliphatic carbocycles. The molecule has 0 saturated carbocycles. The van der Waals surface area contributed by atoms with Gasteiger partial charge in [-0.05, 0) is 0 Å². The zero-order chi connectivity index (χ0) is 34.5. The van der Waals surface area contributed by atoms with Crippen LogP contribution in [0.3, 0.4) is 0 Å². The molecule has 3 aromatic rings. The number of benzene rings is 3. The molecule has 260 valence electrons. The normalized spacial score (nSPS) is 12.5. The average Bonchev–Trinajstić information content (AvgIpc) is 3.43. The summed E-state index contributed by atoms with van der Waals surface area (Å²) >= 11 is 0. The summed E-state index contributed by atoms with van der Waals surface area (Å²) in [5.74, 6) is 0.306. The zero-order valence-corrected chi connectivity index (χ0v) is 30.4. The molecule has 1 saturated heterocycles. The minimum absolute atomic E-state index is 0. The van der Waals surface area contributed by atoms with Gasteiger partial charge in [0, 0.05) is 49.2 Å². The summed E-state index contributed by atoms with van der Waals surface area (Å²) in [6.45, 7) is 0. The average molecular weight is 755 g/mol. The van der Waals surface area contributed by atoms with E-state index in [9.17, 15) is 9.59 Å². The first-order valence-electron chi connectivity index (χ1n) is 14.0. The molecule has 3 aromatic carbocycles. The van der Waals surface area contributed by atoms with Gasteiger partial charge >= 0.3 is 5.71 Å². The number of nitrogens with zero attached hydrogens (tertiary/aromatic N) is 1. The van der Waals surface area contributed by atoms with E-state index in [1.54, 1.807) is 36.4 Å². The van der Waals surface area contributed by atoms with Crippen LogP contribution in [0.2, 0.25) is 0 Å². The second-order valence-electron chi connectivity index (χ2n) is 9.75. The van der Waals surface area contributed by atoms with E-state index >= 15 is 4.79 Å². The predicted molar refractivity (Wildman–Crippen MR) is 172 cm³/mol. The molecule has 0 aromatic heterocycles. The van der Waals surface area contributed by atoms with E-state index < -0.39 is 24.8 Å². The van der Waals surface area contributed by atoms with Gasteiger partial charge in [0.25, 0.3) is 19.1 Å². The Labute approximate surface area is 289 Å². The number of carbonyl (C=O) groups excluding carboxylic acids is 3. The number of methoxy groups -OCH3 is 9. The van der Waals surface area contributed by atoms with Crippen molar-refractivity contribution >= 4 is 40.7 Å². The number of halogens is 1. The van der Waals surface area contributed by atoms with E-state index in [1.807, 2.05) is 0 Å². The lowest BCUT2D eigenvalue weighted by Gasteiger charge is -2.31. The highest BCUT2D eigenvalue weighted by Crippen LogP contribution is 2.67. The highest BCUT2D eigenvalue weighted by Gasteiger charge is 2.67. The first-order valence-corrected chi connectivity index (χ1v) is 15.8. The summed E-state index contributed by atoms with van der Waals surface area (Å²) in [6, 6.07) is 9.32. The van der Waals surface area contributed by atoms with Crippen molar-refractivity contribution in [1.82, 2.24) is 5.06 Å². The first kappa shape index (κ1) is 37.8. The van der Waals surface area contributed by atoms with Crippen LogP contribution in [0.1, 0.15) is 12.8 Å². The predicted octanol–water partition coefficient (Wildman–Crippen LogP) is 0.263. The molecule has 0 atom stereocenters. The molecule has 16 heteroatoms. The topological polar surface area (TPSA) is 147 Å². The molecule has 4 rings (SSSR count). The Kier molecular flexibility index (Phi) is 12.6. The van der Waals surface area contributed by atoms with Gasteiger partial charge in [-0.3, -0.25) is 14.4 Å². The van der Waals surface area contributed by atoms with E-state index in [4.69, 9.17) is 47.5 Å². The molecule has 1 aliphatic rings. The molecule has 0 spiro atoms. The minimum atomic E-state index is -4.29. The van der Waals surface area contributed by atoms with E-state index in [2.05, 4.69) is 0 Å². The first-order chi connectivity index (χ1) is 22.6. The maximum Gasteiger partial charge on any atom is 0.491 e. The third kappa shape index (κ3) is 6.44. The number of amides is 2. The summed E-state index contributed by atoms with van der Waals surface area (Å²) in [5.41, 5.74) is -1.06. The lowest BCUT2D eigenvalue weighted by atomic mass is 10.3. The van der Waals surface area contributed by atoms with Gasteiger partial charge in [0.2, 0.25) is 15.9 Å². The molecule has 0 unspecified atom stereocenters. The molecule has 2 amide bonds. The van der Waals surface area contributed by atoms with Crippen molar-refractivity contribution in [3.05, 3.63) is 36.4 Å². The number of imide groups is 1. The van der Waals surface area contributed by atoms with Crippen LogP contribution in [0.15, 0.2) is 36.4 Å². The zero-order valence-electron chi connectivity index (χ0n) is 28.0. The van der Waals surface area contributed by atoms with Crippen molar-refractivity contribution < 1.29 is 78.8 Å². The Morgan fingerprint density at radius 1 is 0.500 bits per heavy atom. The molecular weight excluding hydrogens is 717 g/mol. The molecule has 1 fully saturated rings. The summed E-state index contributed by atoms with van der Waals surface area (Å²) in [6.07, 6.45) is -0.284. The van der Waals surface area contributed by atoms with Crippen LogP contribution >= 0.6 is 7.26 Å². The highest BCUT2D eigenvalue weighted by atomic mass is 79.9. The molecular formula is C32H37BrNO13P. The van der Waals surface area contributed by atoms with Crippen molar-refractivity contribution in [3.63, 3.8) is 0 Å². The van der Waals surface area contributed by atoms with Gasteiger partial charge < -0.3 is 59.6 Å². The van der Waals surface area contributed by atoms with Crippen molar-refractivity contribution in [2.24, 2.45) is 0 Å². The monoisotopic (exact) mass is 753 g/mol. The second-order valence-corrected chi connectivity index (χ2v) is 12.8. The van der Waals surface area contributed by atoms with Crippen LogP contribution in [-0.2, 0) is 14.4 Å². The largest absolute Gasteiger partial charge is 1.00 e. The van der Waals surface area contributed by atoms with E-state index in [1.165, 1.54) is 64.0 Å². The number of hydrogen-bond acceptors (Lipinski definition) is 13. The Bertz CT molecular complexity index is 1440. The highest BCUT2D eigenvalue weighted by molar-refractivity contribution is 8.08. The van der Waals surface area contributed by atoms with Gasteiger partial charge in [0.15, 0.2) is 34.5 Å². The molecule has 1 heterocycles. The van der Waals surface area contributed by atoms with Crippen LogP contribution in [0.5, 0.6) is 51.7 Å². The second kappa shape index (κ2) is 16.0. The quantitative estimate of drug-likeness (QED) is 0.164. The standard InChI is InChI=1S/C32H37NO13P.BrH/c1-37-18-12-21(40-4)29(22(13-18)41-5)47(32(36)46-33-27(34)10-11-28(33)35,30-23(42-6)14-19(38-2)15-24(30)43-7)31-25(44-8)16-20(39-3)17-26(31)45-9;/h12-17H,10-11H2,1-9H3;1H/q+1;/p-1. The van der Waals surface area contributed by atoms with E-state index in [0.29, 0.717) is 22.3 Å². The Morgan fingerprint density at radius 3 is 0.958 bits per heavy atom. The Balaban J connectivity index is 0.00000625. The summed E-state index contributed by atoms with van der Waals surface area (Å²) < 4.78 is 52.1.